The predicted molar refractivity (Wildman–Crippen MR) is 82.3 cm³/mol. The number of ether oxygens (including phenoxy) is 1. The first kappa shape index (κ1) is 17.0. The van der Waals surface area contributed by atoms with Crippen LogP contribution in [0.15, 0.2) is 16.6 Å². The van der Waals surface area contributed by atoms with Crippen LogP contribution < -0.4 is 4.72 Å². The van der Waals surface area contributed by atoms with E-state index in [9.17, 15) is 13.2 Å². The smallest absolute Gasteiger partial charge is 0.306 e. The van der Waals surface area contributed by atoms with Crippen molar-refractivity contribution < 1.29 is 17.9 Å². The van der Waals surface area contributed by atoms with Crippen molar-refractivity contribution in [3.63, 3.8) is 0 Å². The zero-order valence-corrected chi connectivity index (χ0v) is 14.1. The van der Waals surface area contributed by atoms with Gasteiger partial charge in [0.15, 0.2) is 0 Å². The van der Waals surface area contributed by atoms with Crippen LogP contribution >= 0.6 is 15.9 Å². The second-order valence-electron chi connectivity index (χ2n) is 4.40. The standard InChI is InChI=1S/C13H18BrNO4S/c1-4-19-12(16)5-6-20(17,18)15-11-7-9(2)13(14)10(3)8-11/h7-8,15H,4-6H2,1-3H3. The normalized spacial score (nSPS) is 11.2. The van der Waals surface area contributed by atoms with Crippen LogP contribution in [-0.2, 0) is 19.6 Å². The molecule has 0 aliphatic carbocycles. The lowest BCUT2D eigenvalue weighted by Gasteiger charge is -2.11. The van der Waals surface area contributed by atoms with Gasteiger partial charge in [0, 0.05) is 10.2 Å². The number of halogens is 1. The van der Waals surface area contributed by atoms with Gasteiger partial charge in [-0.05, 0) is 44.0 Å². The summed E-state index contributed by atoms with van der Waals surface area (Å²) in [5, 5.41) is 0. The Labute approximate surface area is 127 Å². The molecule has 0 radical (unpaired) electrons. The van der Waals surface area contributed by atoms with Crippen LogP contribution in [0.4, 0.5) is 5.69 Å². The molecule has 7 heteroatoms. The van der Waals surface area contributed by atoms with Crippen molar-refractivity contribution in [2.24, 2.45) is 0 Å². The van der Waals surface area contributed by atoms with Gasteiger partial charge in [-0.25, -0.2) is 8.42 Å². The molecule has 0 aliphatic heterocycles. The molecule has 0 aromatic heterocycles. The molecule has 112 valence electrons. The third kappa shape index (κ3) is 5.13. The molecule has 20 heavy (non-hydrogen) atoms. The van der Waals surface area contributed by atoms with Gasteiger partial charge in [-0.1, -0.05) is 15.9 Å². The minimum Gasteiger partial charge on any atom is -0.466 e. The van der Waals surface area contributed by atoms with Crippen LogP contribution in [0.3, 0.4) is 0 Å². The van der Waals surface area contributed by atoms with Crippen LogP contribution in [-0.4, -0.2) is 26.7 Å². The number of carbonyl (C=O) groups excluding carboxylic acids is 1. The topological polar surface area (TPSA) is 72.5 Å². The van der Waals surface area contributed by atoms with Gasteiger partial charge < -0.3 is 4.74 Å². The van der Waals surface area contributed by atoms with Gasteiger partial charge in [-0.3, -0.25) is 9.52 Å². The molecular weight excluding hydrogens is 346 g/mol. The number of sulfonamides is 1. The monoisotopic (exact) mass is 363 g/mol. The molecule has 1 aromatic carbocycles. The molecule has 0 fully saturated rings. The minimum absolute atomic E-state index is 0.155. The Kier molecular flexibility index (Phi) is 6.01. The van der Waals surface area contributed by atoms with E-state index < -0.39 is 16.0 Å². The van der Waals surface area contributed by atoms with Crippen molar-refractivity contribution in [1.29, 1.82) is 0 Å². The molecule has 5 nitrogen and oxygen atoms in total. The minimum atomic E-state index is -3.56. The highest BCUT2D eigenvalue weighted by Gasteiger charge is 2.15. The average molecular weight is 364 g/mol. The summed E-state index contributed by atoms with van der Waals surface area (Å²) in [6, 6.07) is 3.47. The van der Waals surface area contributed by atoms with Gasteiger partial charge in [0.1, 0.15) is 0 Å². The molecule has 0 amide bonds. The number of rotatable bonds is 6. The molecule has 0 unspecified atom stereocenters. The van der Waals surface area contributed by atoms with E-state index in [0.29, 0.717) is 5.69 Å². The molecule has 0 saturated heterocycles. The maximum Gasteiger partial charge on any atom is 0.306 e. The van der Waals surface area contributed by atoms with E-state index in [0.717, 1.165) is 15.6 Å². The van der Waals surface area contributed by atoms with Gasteiger partial charge in [0.2, 0.25) is 10.0 Å². The second-order valence-corrected chi connectivity index (χ2v) is 7.03. The summed E-state index contributed by atoms with van der Waals surface area (Å²) >= 11 is 3.42. The molecule has 1 aromatic rings. The van der Waals surface area contributed by atoms with Gasteiger partial charge in [0.05, 0.1) is 18.8 Å². The second kappa shape index (κ2) is 7.08. The van der Waals surface area contributed by atoms with Crippen molar-refractivity contribution in [3.8, 4) is 0 Å². The van der Waals surface area contributed by atoms with E-state index in [-0.39, 0.29) is 18.8 Å². The summed E-state index contributed by atoms with van der Waals surface area (Å²) in [5.74, 6) is -0.805. The molecule has 0 aliphatic rings. The summed E-state index contributed by atoms with van der Waals surface area (Å²) in [4.78, 5) is 11.2. The van der Waals surface area contributed by atoms with Crippen molar-refractivity contribution in [3.05, 3.63) is 27.7 Å². The maximum absolute atomic E-state index is 11.9. The zero-order valence-electron chi connectivity index (χ0n) is 11.7. The molecule has 0 saturated carbocycles. The molecule has 1 N–H and O–H groups in total. The van der Waals surface area contributed by atoms with Crippen LogP contribution in [0.2, 0.25) is 0 Å². The van der Waals surface area contributed by atoms with Gasteiger partial charge in [-0.15, -0.1) is 0 Å². The molecule has 1 rings (SSSR count). The fraction of sp³-hybridized carbons (Fsp3) is 0.462. The zero-order chi connectivity index (χ0) is 15.3. The highest BCUT2D eigenvalue weighted by atomic mass is 79.9. The number of hydrogen-bond acceptors (Lipinski definition) is 4. The summed E-state index contributed by atoms with van der Waals surface area (Å²) in [5.41, 5.74) is 2.37. The molecule has 0 heterocycles. The van der Waals surface area contributed by atoms with E-state index in [1.165, 1.54) is 0 Å². The lowest BCUT2D eigenvalue weighted by Crippen LogP contribution is -2.20. The average Bonchev–Trinajstić information content (AvgIpc) is 2.33. The van der Waals surface area contributed by atoms with E-state index >= 15 is 0 Å². The number of esters is 1. The summed E-state index contributed by atoms with van der Waals surface area (Å²) in [7, 11) is -3.56. The number of carbonyl (C=O) groups is 1. The Morgan fingerprint density at radius 2 is 1.85 bits per heavy atom. The highest BCUT2D eigenvalue weighted by molar-refractivity contribution is 9.10. The molecule has 0 spiro atoms. The number of hydrogen-bond donors (Lipinski definition) is 1. The molecular formula is C13H18BrNO4S. The molecule has 0 atom stereocenters. The predicted octanol–water partition coefficient (Wildman–Crippen LogP) is 2.76. The first-order chi connectivity index (χ1) is 9.25. The van der Waals surface area contributed by atoms with E-state index in [1.807, 2.05) is 13.8 Å². The first-order valence-electron chi connectivity index (χ1n) is 6.18. The number of anilines is 1. The van der Waals surface area contributed by atoms with Crippen LogP contribution in [0.1, 0.15) is 24.5 Å². The Morgan fingerprint density at radius 1 is 1.30 bits per heavy atom. The SMILES string of the molecule is CCOC(=O)CCS(=O)(=O)Nc1cc(C)c(Br)c(C)c1. The third-order valence-corrected chi connectivity index (χ3v) is 5.13. The number of benzene rings is 1. The van der Waals surface area contributed by atoms with Crippen molar-refractivity contribution in [2.45, 2.75) is 27.2 Å². The lowest BCUT2D eigenvalue weighted by atomic mass is 10.1. The van der Waals surface area contributed by atoms with Crippen LogP contribution in [0.5, 0.6) is 0 Å². The fourth-order valence-electron chi connectivity index (χ4n) is 1.69. The summed E-state index contributed by atoms with van der Waals surface area (Å²) in [6.45, 7) is 5.69. The van der Waals surface area contributed by atoms with E-state index in [2.05, 4.69) is 20.7 Å². The Balaban J connectivity index is 2.74. The summed E-state index contributed by atoms with van der Waals surface area (Å²) < 4.78 is 31.9. The van der Waals surface area contributed by atoms with Gasteiger partial charge >= 0.3 is 5.97 Å². The van der Waals surface area contributed by atoms with Crippen molar-refractivity contribution >= 4 is 37.6 Å². The summed E-state index contributed by atoms with van der Waals surface area (Å²) in [6.07, 6.45) is -0.155. The quantitative estimate of drug-likeness (QED) is 0.788. The van der Waals surface area contributed by atoms with E-state index in [4.69, 9.17) is 4.74 Å². The van der Waals surface area contributed by atoms with Crippen molar-refractivity contribution in [2.75, 3.05) is 17.1 Å². The maximum atomic E-state index is 11.9. The Hall–Kier alpha value is -1.08. The number of aryl methyl sites for hydroxylation is 2. The van der Waals surface area contributed by atoms with E-state index in [1.54, 1.807) is 19.1 Å². The third-order valence-electron chi connectivity index (χ3n) is 2.59. The van der Waals surface area contributed by atoms with Crippen LogP contribution in [0.25, 0.3) is 0 Å². The van der Waals surface area contributed by atoms with Gasteiger partial charge in [0.25, 0.3) is 0 Å². The first-order valence-corrected chi connectivity index (χ1v) is 8.62. The fourth-order valence-corrected chi connectivity index (χ4v) is 2.93. The van der Waals surface area contributed by atoms with Gasteiger partial charge in [-0.2, -0.15) is 0 Å². The Morgan fingerprint density at radius 3 is 2.35 bits per heavy atom. The lowest BCUT2D eigenvalue weighted by molar-refractivity contribution is -0.142. The number of nitrogens with one attached hydrogen (secondary N) is 1. The molecule has 0 bridgehead atoms. The highest BCUT2D eigenvalue weighted by Crippen LogP contribution is 2.25. The van der Waals surface area contributed by atoms with Crippen LogP contribution in [0, 0.1) is 13.8 Å². The van der Waals surface area contributed by atoms with Crippen molar-refractivity contribution in [1.82, 2.24) is 0 Å². The largest absolute Gasteiger partial charge is 0.466 e. The Bertz CT molecular complexity index is 575.